The van der Waals surface area contributed by atoms with Crippen LogP contribution in [0.1, 0.15) is 19.3 Å². The number of hydrogen-bond donors (Lipinski definition) is 1. The van der Waals surface area contributed by atoms with Gasteiger partial charge < -0.3 is 24.7 Å². The van der Waals surface area contributed by atoms with Gasteiger partial charge >= 0.3 is 6.16 Å². The van der Waals surface area contributed by atoms with E-state index in [1.165, 1.54) is 0 Å². The highest BCUT2D eigenvalue weighted by Gasteiger charge is 2.42. The van der Waals surface area contributed by atoms with Gasteiger partial charge in [0.25, 0.3) is 0 Å². The van der Waals surface area contributed by atoms with Crippen LogP contribution in [-0.4, -0.2) is 39.1 Å². The van der Waals surface area contributed by atoms with Crippen LogP contribution in [-0.2, 0) is 18.9 Å². The van der Waals surface area contributed by atoms with Crippen molar-refractivity contribution in [3.05, 3.63) is 0 Å². The van der Waals surface area contributed by atoms with Crippen molar-refractivity contribution >= 4 is 0 Å². The zero-order chi connectivity index (χ0) is 10.6. The summed E-state index contributed by atoms with van der Waals surface area (Å²) < 4.78 is 21.8. The van der Waals surface area contributed by atoms with E-state index in [0.717, 1.165) is 19.3 Å². The largest absolute Gasteiger partial charge is 0.412 e. The van der Waals surface area contributed by atoms with Crippen LogP contribution in [0.15, 0.2) is 0 Å². The predicted octanol–water partition coefficient (Wildman–Crippen LogP) is 0.436. The summed E-state index contributed by atoms with van der Waals surface area (Å²) in [5.41, 5.74) is 5.45. The van der Waals surface area contributed by atoms with Crippen LogP contribution in [0.2, 0.25) is 0 Å². The first-order chi connectivity index (χ1) is 7.35. The van der Waals surface area contributed by atoms with E-state index >= 15 is 0 Å². The van der Waals surface area contributed by atoms with Gasteiger partial charge in [-0.3, -0.25) is 0 Å². The molecule has 15 heavy (non-hydrogen) atoms. The van der Waals surface area contributed by atoms with Gasteiger partial charge in [-0.1, -0.05) is 0 Å². The lowest BCUT2D eigenvalue weighted by molar-refractivity contribution is -0.529. The summed E-state index contributed by atoms with van der Waals surface area (Å²) in [7, 11) is 0. The van der Waals surface area contributed by atoms with E-state index in [4.69, 9.17) is 24.7 Å². The van der Waals surface area contributed by atoms with Crippen molar-refractivity contribution in [3.8, 4) is 0 Å². The Morgan fingerprint density at radius 3 is 2.33 bits per heavy atom. The van der Waals surface area contributed by atoms with Crippen molar-refractivity contribution in [1.82, 2.24) is 0 Å². The SMILES string of the molecule is NCCCC1COC2(OCCCO2)OC1. The summed E-state index contributed by atoms with van der Waals surface area (Å²) in [4.78, 5) is 0. The lowest BCUT2D eigenvalue weighted by Gasteiger charge is -2.40. The molecule has 0 bridgehead atoms. The van der Waals surface area contributed by atoms with Gasteiger partial charge in [0.2, 0.25) is 0 Å². The Morgan fingerprint density at radius 1 is 1.07 bits per heavy atom. The van der Waals surface area contributed by atoms with Gasteiger partial charge in [-0.2, -0.15) is 0 Å². The van der Waals surface area contributed by atoms with Crippen molar-refractivity contribution in [1.29, 1.82) is 0 Å². The van der Waals surface area contributed by atoms with E-state index in [1.807, 2.05) is 0 Å². The molecule has 2 fully saturated rings. The fraction of sp³-hybridized carbons (Fsp3) is 1.00. The van der Waals surface area contributed by atoms with Gasteiger partial charge in [-0.05, 0) is 25.8 Å². The van der Waals surface area contributed by atoms with E-state index in [2.05, 4.69) is 0 Å². The molecule has 0 aliphatic carbocycles. The first-order valence-electron chi connectivity index (χ1n) is 5.60. The average Bonchev–Trinajstić information content (AvgIpc) is 2.30. The Bertz CT molecular complexity index is 184. The molecule has 1 spiro atoms. The van der Waals surface area contributed by atoms with Crippen LogP contribution in [0.3, 0.4) is 0 Å². The zero-order valence-corrected chi connectivity index (χ0v) is 8.94. The molecule has 0 atom stereocenters. The molecule has 0 aromatic heterocycles. The lowest BCUT2D eigenvalue weighted by atomic mass is 10.1. The quantitative estimate of drug-likeness (QED) is 0.743. The molecular formula is C10H19NO4. The second-order valence-electron chi connectivity index (χ2n) is 3.97. The Morgan fingerprint density at radius 2 is 1.73 bits per heavy atom. The Kier molecular flexibility index (Phi) is 3.93. The first-order valence-corrected chi connectivity index (χ1v) is 5.60. The third-order valence-corrected chi connectivity index (χ3v) is 2.65. The van der Waals surface area contributed by atoms with Crippen LogP contribution < -0.4 is 5.73 Å². The molecule has 0 unspecified atom stereocenters. The summed E-state index contributed by atoms with van der Waals surface area (Å²) in [6.07, 6.45) is 1.74. The standard InChI is InChI=1S/C10H19NO4/c11-4-1-3-9-7-14-10(15-8-9)12-5-2-6-13-10/h9H,1-8,11H2. The lowest BCUT2D eigenvalue weighted by Crippen LogP contribution is -2.51. The van der Waals surface area contributed by atoms with Crippen molar-refractivity contribution in [2.45, 2.75) is 25.4 Å². The van der Waals surface area contributed by atoms with Gasteiger partial charge in [0.1, 0.15) is 0 Å². The van der Waals surface area contributed by atoms with E-state index in [9.17, 15) is 0 Å². The van der Waals surface area contributed by atoms with Crippen LogP contribution in [0, 0.1) is 5.92 Å². The molecule has 0 radical (unpaired) electrons. The molecule has 2 heterocycles. The predicted molar refractivity (Wildman–Crippen MR) is 52.9 cm³/mol. The maximum atomic E-state index is 5.51. The molecule has 0 aromatic rings. The normalized spacial score (nSPS) is 27.0. The van der Waals surface area contributed by atoms with Crippen molar-refractivity contribution in [3.63, 3.8) is 0 Å². The molecule has 0 amide bonds. The fourth-order valence-electron chi connectivity index (χ4n) is 1.76. The molecule has 5 heteroatoms. The maximum absolute atomic E-state index is 5.51. The van der Waals surface area contributed by atoms with Gasteiger partial charge in [-0.15, -0.1) is 0 Å². The Hall–Kier alpha value is -0.200. The van der Waals surface area contributed by atoms with Gasteiger partial charge in [0.05, 0.1) is 26.4 Å². The highest BCUT2D eigenvalue weighted by Crippen LogP contribution is 2.28. The smallest absolute Gasteiger partial charge is 0.330 e. The van der Waals surface area contributed by atoms with Crippen LogP contribution in [0.4, 0.5) is 0 Å². The minimum atomic E-state index is -1.20. The van der Waals surface area contributed by atoms with E-state index in [-0.39, 0.29) is 0 Å². The van der Waals surface area contributed by atoms with Crippen molar-refractivity contribution in [2.75, 3.05) is 33.0 Å². The molecule has 2 rings (SSSR count). The number of hydrogen-bond acceptors (Lipinski definition) is 5. The van der Waals surface area contributed by atoms with E-state index in [1.54, 1.807) is 0 Å². The molecule has 0 saturated carbocycles. The van der Waals surface area contributed by atoms with Crippen LogP contribution in [0.5, 0.6) is 0 Å². The summed E-state index contributed by atoms with van der Waals surface area (Å²) >= 11 is 0. The summed E-state index contributed by atoms with van der Waals surface area (Å²) in [6, 6.07) is 0. The van der Waals surface area contributed by atoms with Crippen molar-refractivity contribution < 1.29 is 18.9 Å². The molecule has 88 valence electrons. The van der Waals surface area contributed by atoms with Gasteiger partial charge in [-0.25, -0.2) is 0 Å². The number of rotatable bonds is 3. The monoisotopic (exact) mass is 217 g/mol. The third kappa shape index (κ3) is 2.89. The van der Waals surface area contributed by atoms with Crippen molar-refractivity contribution in [2.24, 2.45) is 11.7 Å². The summed E-state index contributed by atoms with van der Waals surface area (Å²) in [6.45, 7) is 3.23. The topological polar surface area (TPSA) is 62.9 Å². The minimum Gasteiger partial charge on any atom is -0.330 e. The molecule has 2 aliphatic heterocycles. The van der Waals surface area contributed by atoms with Gasteiger partial charge in [0.15, 0.2) is 0 Å². The fourth-order valence-corrected chi connectivity index (χ4v) is 1.76. The minimum absolute atomic E-state index is 0.410. The third-order valence-electron chi connectivity index (χ3n) is 2.65. The molecule has 2 aliphatic rings. The molecule has 2 saturated heterocycles. The average molecular weight is 217 g/mol. The first kappa shape index (κ1) is 11.3. The number of nitrogens with two attached hydrogens (primary N) is 1. The van der Waals surface area contributed by atoms with E-state index in [0.29, 0.717) is 38.9 Å². The maximum Gasteiger partial charge on any atom is 0.412 e. The second-order valence-corrected chi connectivity index (χ2v) is 3.97. The summed E-state index contributed by atoms with van der Waals surface area (Å²) in [5, 5.41) is 0. The second kappa shape index (κ2) is 5.23. The van der Waals surface area contributed by atoms with E-state index < -0.39 is 6.16 Å². The molecule has 5 nitrogen and oxygen atoms in total. The highest BCUT2D eigenvalue weighted by molar-refractivity contribution is 4.65. The zero-order valence-electron chi connectivity index (χ0n) is 8.94. The number of ether oxygens (including phenoxy) is 4. The molecule has 2 N–H and O–H groups in total. The van der Waals surface area contributed by atoms with Crippen LogP contribution in [0.25, 0.3) is 0 Å². The highest BCUT2D eigenvalue weighted by atomic mass is 17.0. The Labute approximate surface area is 89.8 Å². The molecule has 0 aromatic carbocycles. The van der Waals surface area contributed by atoms with Crippen LogP contribution >= 0.6 is 0 Å². The molecular weight excluding hydrogens is 198 g/mol. The van der Waals surface area contributed by atoms with Gasteiger partial charge in [0, 0.05) is 5.92 Å². The summed E-state index contributed by atoms with van der Waals surface area (Å²) in [5.74, 6) is 0.410. The Balaban J connectivity index is 1.75.